The van der Waals surface area contributed by atoms with Gasteiger partial charge in [0.15, 0.2) is 5.82 Å². The molecule has 2 aliphatic heterocycles. The monoisotopic (exact) mass is 508 g/mol. The highest BCUT2D eigenvalue weighted by Gasteiger charge is 2.21. The minimum atomic E-state index is 0.00776. The minimum absolute atomic E-state index is 0.00776. The third kappa shape index (κ3) is 3.91. The van der Waals surface area contributed by atoms with Crippen molar-refractivity contribution in [1.82, 2.24) is 34.3 Å². The van der Waals surface area contributed by atoms with Gasteiger partial charge < -0.3 is 26.1 Å². The molecule has 0 fully saturated rings. The summed E-state index contributed by atoms with van der Waals surface area (Å²) in [6, 6.07) is 6.06. The molecular weight excluding hydrogens is 480 g/mol. The lowest BCUT2D eigenvalue weighted by molar-refractivity contribution is 0.291. The Kier molecular flexibility index (Phi) is 5.25. The third-order valence-electron chi connectivity index (χ3n) is 7.39. The van der Waals surface area contributed by atoms with Crippen LogP contribution < -0.4 is 21.5 Å². The van der Waals surface area contributed by atoms with E-state index in [2.05, 4.69) is 35.9 Å². The molecule has 11 nitrogen and oxygen atoms in total. The highest BCUT2D eigenvalue weighted by Crippen LogP contribution is 2.35. The summed E-state index contributed by atoms with van der Waals surface area (Å²) in [5, 5.41) is 9.82. The molecule has 0 saturated carbocycles. The number of aromatic nitrogens is 7. The normalized spacial score (nSPS) is 16.6. The predicted octanol–water partition coefficient (Wildman–Crippen LogP) is 2.98. The lowest BCUT2D eigenvalue weighted by Gasteiger charge is -2.15. The van der Waals surface area contributed by atoms with Crippen LogP contribution in [0.1, 0.15) is 29.2 Å². The molecule has 1 atom stereocenters. The molecule has 38 heavy (non-hydrogen) atoms. The zero-order valence-corrected chi connectivity index (χ0v) is 21.1. The first-order chi connectivity index (χ1) is 18.5. The molecule has 2 aliphatic rings. The molecule has 0 radical (unpaired) electrons. The molecule has 7 heterocycles. The molecule has 7 rings (SSSR count). The smallest absolute Gasteiger partial charge is 0.153 e. The van der Waals surface area contributed by atoms with Crippen molar-refractivity contribution in [3.05, 3.63) is 65.8 Å². The number of hydrogen-bond donors (Lipinski definition) is 3. The summed E-state index contributed by atoms with van der Waals surface area (Å²) in [6.45, 7) is 4.04. The molecule has 192 valence electrons. The van der Waals surface area contributed by atoms with Gasteiger partial charge in [-0.1, -0.05) is 0 Å². The quantitative estimate of drug-likeness (QED) is 0.334. The Labute approximate surface area is 218 Å². The van der Waals surface area contributed by atoms with Crippen molar-refractivity contribution >= 4 is 28.2 Å². The van der Waals surface area contributed by atoms with E-state index in [4.69, 9.17) is 21.3 Å². The van der Waals surface area contributed by atoms with Crippen LogP contribution in [-0.2, 0) is 25.9 Å². The SMILES string of the molecule is Cc1c(-c2cc3cc(Nc4cc5n(n4)Cc4nccn4CC5)ncc3c(N)n2)cnc2c1OC[C@@H](N)CC2. The van der Waals surface area contributed by atoms with Gasteiger partial charge in [-0.3, -0.25) is 9.67 Å². The first-order valence-corrected chi connectivity index (χ1v) is 12.8. The van der Waals surface area contributed by atoms with E-state index in [0.29, 0.717) is 24.8 Å². The number of pyridine rings is 3. The average Bonchev–Trinajstić information content (AvgIpc) is 3.41. The first-order valence-electron chi connectivity index (χ1n) is 12.8. The van der Waals surface area contributed by atoms with Gasteiger partial charge in [0.25, 0.3) is 0 Å². The molecular formula is C27H28N10O. The highest BCUT2D eigenvalue weighted by molar-refractivity contribution is 5.95. The fraction of sp³-hybridized carbons (Fsp3) is 0.296. The minimum Gasteiger partial charge on any atom is -0.490 e. The zero-order chi connectivity index (χ0) is 25.8. The van der Waals surface area contributed by atoms with Gasteiger partial charge in [0, 0.05) is 72.1 Å². The number of anilines is 3. The lowest BCUT2D eigenvalue weighted by Crippen LogP contribution is -2.26. The van der Waals surface area contributed by atoms with Crippen molar-refractivity contribution in [3.63, 3.8) is 0 Å². The number of aryl methyl sites for hydroxylation is 3. The lowest BCUT2D eigenvalue weighted by atomic mass is 10.0. The van der Waals surface area contributed by atoms with E-state index in [1.807, 2.05) is 42.3 Å². The van der Waals surface area contributed by atoms with Crippen LogP contribution >= 0.6 is 0 Å². The van der Waals surface area contributed by atoms with Crippen molar-refractivity contribution in [2.75, 3.05) is 17.7 Å². The summed E-state index contributed by atoms with van der Waals surface area (Å²) in [5.74, 6) is 3.65. The van der Waals surface area contributed by atoms with Crippen LogP contribution in [0.4, 0.5) is 17.5 Å². The summed E-state index contributed by atoms with van der Waals surface area (Å²) in [6.07, 6.45) is 9.99. The average molecular weight is 509 g/mol. The maximum atomic E-state index is 6.38. The summed E-state index contributed by atoms with van der Waals surface area (Å²) >= 11 is 0. The number of hydrogen-bond acceptors (Lipinski definition) is 9. The third-order valence-corrected chi connectivity index (χ3v) is 7.39. The molecule has 0 unspecified atom stereocenters. The van der Waals surface area contributed by atoms with Gasteiger partial charge in [-0.2, -0.15) is 5.10 Å². The van der Waals surface area contributed by atoms with Crippen molar-refractivity contribution in [3.8, 4) is 17.0 Å². The molecule has 5 N–H and O–H groups in total. The van der Waals surface area contributed by atoms with Crippen LogP contribution in [0, 0.1) is 6.92 Å². The summed E-state index contributed by atoms with van der Waals surface area (Å²) in [5.41, 5.74) is 17.2. The molecule has 5 aromatic heterocycles. The van der Waals surface area contributed by atoms with Crippen LogP contribution in [0.15, 0.2) is 43.0 Å². The second-order valence-corrected chi connectivity index (χ2v) is 9.96. The molecule has 0 aromatic carbocycles. The number of nitrogens with one attached hydrogen (secondary N) is 1. The number of ether oxygens (including phenoxy) is 1. The fourth-order valence-electron chi connectivity index (χ4n) is 5.29. The maximum Gasteiger partial charge on any atom is 0.153 e. The van der Waals surface area contributed by atoms with E-state index < -0.39 is 0 Å². The summed E-state index contributed by atoms with van der Waals surface area (Å²) in [7, 11) is 0. The second-order valence-electron chi connectivity index (χ2n) is 9.96. The molecule has 0 spiro atoms. The Morgan fingerprint density at radius 2 is 2.00 bits per heavy atom. The molecule has 11 heteroatoms. The maximum absolute atomic E-state index is 6.38. The Bertz CT molecular complexity index is 1690. The van der Waals surface area contributed by atoms with Crippen molar-refractivity contribution in [2.45, 2.75) is 45.3 Å². The number of nitrogen functional groups attached to an aromatic ring is 1. The Morgan fingerprint density at radius 1 is 1.08 bits per heavy atom. The second kappa shape index (κ2) is 8.80. The van der Waals surface area contributed by atoms with E-state index in [1.165, 1.54) is 0 Å². The van der Waals surface area contributed by atoms with Crippen LogP contribution in [0.5, 0.6) is 5.75 Å². The van der Waals surface area contributed by atoms with Gasteiger partial charge in [-0.25, -0.2) is 15.0 Å². The van der Waals surface area contributed by atoms with Gasteiger partial charge in [-0.05, 0) is 37.3 Å². The highest BCUT2D eigenvalue weighted by atomic mass is 16.5. The first kappa shape index (κ1) is 22.7. The van der Waals surface area contributed by atoms with E-state index in [1.54, 1.807) is 6.20 Å². The van der Waals surface area contributed by atoms with Crippen LogP contribution in [0.3, 0.4) is 0 Å². The van der Waals surface area contributed by atoms with E-state index >= 15 is 0 Å². The number of imidazole rings is 1. The topological polar surface area (TPSA) is 148 Å². The molecule has 0 saturated heterocycles. The molecule has 5 aromatic rings. The Morgan fingerprint density at radius 3 is 2.92 bits per heavy atom. The van der Waals surface area contributed by atoms with Crippen LogP contribution in [0.25, 0.3) is 22.0 Å². The van der Waals surface area contributed by atoms with Gasteiger partial charge in [0.1, 0.15) is 29.8 Å². The van der Waals surface area contributed by atoms with Gasteiger partial charge in [0.2, 0.25) is 0 Å². The molecule has 0 amide bonds. The van der Waals surface area contributed by atoms with Crippen molar-refractivity contribution in [2.24, 2.45) is 5.73 Å². The largest absolute Gasteiger partial charge is 0.490 e. The number of rotatable bonds is 3. The van der Waals surface area contributed by atoms with Crippen molar-refractivity contribution in [1.29, 1.82) is 0 Å². The van der Waals surface area contributed by atoms with Crippen LogP contribution in [0.2, 0.25) is 0 Å². The Balaban J connectivity index is 1.21. The van der Waals surface area contributed by atoms with Gasteiger partial charge in [0.05, 0.1) is 17.9 Å². The van der Waals surface area contributed by atoms with E-state index in [-0.39, 0.29) is 6.04 Å². The number of nitrogens with two attached hydrogens (primary N) is 2. The van der Waals surface area contributed by atoms with Gasteiger partial charge in [-0.15, -0.1) is 0 Å². The van der Waals surface area contributed by atoms with Gasteiger partial charge >= 0.3 is 0 Å². The van der Waals surface area contributed by atoms with E-state index in [0.717, 1.165) is 82.2 Å². The van der Waals surface area contributed by atoms with Crippen LogP contribution in [-0.4, -0.2) is 46.9 Å². The summed E-state index contributed by atoms with van der Waals surface area (Å²) in [4.78, 5) is 18.4. The fourth-order valence-corrected chi connectivity index (χ4v) is 5.29. The zero-order valence-electron chi connectivity index (χ0n) is 21.1. The van der Waals surface area contributed by atoms with Crippen molar-refractivity contribution < 1.29 is 4.74 Å². The van der Waals surface area contributed by atoms with E-state index in [9.17, 15) is 0 Å². The number of nitrogens with zero attached hydrogens (tertiary/aromatic N) is 7. The molecule has 0 bridgehead atoms. The predicted molar refractivity (Wildman–Crippen MR) is 144 cm³/mol. The standard InChI is InChI=1S/C27H28N10O/c1-15-19(11-31-21-3-2-17(28)14-38-26(15)21)22-8-16-9-23(32-12-20(16)27(29)33-22)34-24-10-18-4-6-36-7-5-30-25(36)13-37(18)35-24/h5,7-12,17H,2-4,6,13-14,28H2,1H3,(H2,29,33)(H,32,34,35)/t17-/m0/s1. The molecule has 0 aliphatic carbocycles. The summed E-state index contributed by atoms with van der Waals surface area (Å²) < 4.78 is 10.2. The number of fused-ring (bicyclic) bond motifs is 4. The Hall–Kier alpha value is -4.51.